The smallest absolute Gasteiger partial charge is 0.150 e. The zero-order valence-electron chi connectivity index (χ0n) is 11.4. The van der Waals surface area contributed by atoms with E-state index >= 15 is 0 Å². The fourth-order valence-electron chi connectivity index (χ4n) is 3.83. The Labute approximate surface area is 117 Å². The van der Waals surface area contributed by atoms with Gasteiger partial charge in [-0.25, -0.2) is 8.78 Å². The summed E-state index contributed by atoms with van der Waals surface area (Å²) < 4.78 is 28.4. The minimum absolute atomic E-state index is 0.0564. The van der Waals surface area contributed by atoms with E-state index in [4.69, 9.17) is 0 Å². The molecule has 0 spiro atoms. The number of carbonyl (C=O) groups is 1. The molecule has 1 aliphatic heterocycles. The lowest BCUT2D eigenvalue weighted by atomic mass is 9.78. The Balaban J connectivity index is 1.96. The highest BCUT2D eigenvalue weighted by atomic mass is 19.1. The van der Waals surface area contributed by atoms with Crippen LogP contribution >= 0.6 is 0 Å². The zero-order chi connectivity index (χ0) is 14.1. The van der Waals surface area contributed by atoms with Gasteiger partial charge in [-0.15, -0.1) is 0 Å². The minimum atomic E-state index is -0.613. The molecule has 20 heavy (non-hydrogen) atoms. The Morgan fingerprint density at radius 2 is 1.70 bits per heavy atom. The Morgan fingerprint density at radius 3 is 2.40 bits per heavy atom. The van der Waals surface area contributed by atoms with E-state index in [9.17, 15) is 13.6 Å². The van der Waals surface area contributed by atoms with Gasteiger partial charge in [0.15, 0.2) is 0 Å². The number of rotatable bonds is 2. The molecule has 1 aliphatic carbocycles. The van der Waals surface area contributed by atoms with Gasteiger partial charge in [-0.05, 0) is 43.7 Å². The molecule has 2 aliphatic rings. The molecule has 3 rings (SSSR count). The molecule has 2 fully saturated rings. The molecule has 0 unspecified atom stereocenters. The van der Waals surface area contributed by atoms with Crippen molar-refractivity contribution < 1.29 is 13.6 Å². The number of anilines is 1. The number of benzene rings is 1. The summed E-state index contributed by atoms with van der Waals surface area (Å²) in [6.07, 6.45) is 7.16. The van der Waals surface area contributed by atoms with Crippen LogP contribution in [0.4, 0.5) is 14.5 Å². The van der Waals surface area contributed by atoms with Gasteiger partial charge >= 0.3 is 0 Å². The first kappa shape index (κ1) is 13.5. The fourth-order valence-corrected chi connectivity index (χ4v) is 3.83. The van der Waals surface area contributed by atoms with Crippen LogP contribution in [-0.4, -0.2) is 18.9 Å². The van der Waals surface area contributed by atoms with Crippen LogP contribution < -0.4 is 4.90 Å². The van der Waals surface area contributed by atoms with Gasteiger partial charge in [0.25, 0.3) is 0 Å². The third-order valence-corrected chi connectivity index (χ3v) is 4.71. The number of piperidine rings is 1. The predicted molar refractivity (Wildman–Crippen MR) is 74.1 cm³/mol. The van der Waals surface area contributed by atoms with E-state index in [1.54, 1.807) is 0 Å². The Hall–Kier alpha value is -1.45. The Bertz CT molecular complexity index is 492. The first-order valence-corrected chi connectivity index (χ1v) is 7.41. The van der Waals surface area contributed by atoms with Crippen molar-refractivity contribution in [3.8, 4) is 0 Å². The summed E-state index contributed by atoms with van der Waals surface area (Å²) in [5, 5.41) is 0. The van der Waals surface area contributed by atoms with Gasteiger partial charge in [0, 0.05) is 18.2 Å². The van der Waals surface area contributed by atoms with Crippen molar-refractivity contribution in [1.82, 2.24) is 0 Å². The molecular formula is C16H19F2NO. The van der Waals surface area contributed by atoms with Crippen LogP contribution in [0.25, 0.3) is 0 Å². The zero-order valence-corrected chi connectivity index (χ0v) is 11.4. The van der Waals surface area contributed by atoms with Crippen molar-refractivity contribution in [2.75, 3.05) is 11.4 Å². The Kier molecular flexibility index (Phi) is 3.72. The van der Waals surface area contributed by atoms with E-state index in [0.29, 0.717) is 18.7 Å². The molecule has 0 aromatic heterocycles. The number of hydrogen-bond acceptors (Lipinski definition) is 2. The second-order valence-corrected chi connectivity index (χ2v) is 5.90. The van der Waals surface area contributed by atoms with Crippen LogP contribution in [0.3, 0.4) is 0 Å². The lowest BCUT2D eigenvalue weighted by Gasteiger charge is -2.45. The van der Waals surface area contributed by atoms with E-state index in [-0.39, 0.29) is 17.3 Å². The number of aldehydes is 1. The van der Waals surface area contributed by atoms with Crippen LogP contribution in [0.15, 0.2) is 12.1 Å². The molecule has 1 saturated heterocycles. The molecular weight excluding hydrogens is 260 g/mol. The molecule has 2 atom stereocenters. The van der Waals surface area contributed by atoms with Gasteiger partial charge in [0.1, 0.15) is 23.6 Å². The summed E-state index contributed by atoms with van der Waals surface area (Å²) in [5.41, 5.74) is 0.119. The van der Waals surface area contributed by atoms with Crippen LogP contribution in [0, 0.1) is 17.6 Å². The van der Waals surface area contributed by atoms with Crippen LogP contribution in [0.2, 0.25) is 0 Å². The van der Waals surface area contributed by atoms with Crippen molar-refractivity contribution in [1.29, 1.82) is 0 Å². The summed E-state index contributed by atoms with van der Waals surface area (Å²) >= 11 is 0. The Morgan fingerprint density at radius 1 is 1.05 bits per heavy atom. The predicted octanol–water partition coefficient (Wildman–Crippen LogP) is 3.94. The monoisotopic (exact) mass is 279 g/mol. The standard InChI is InChI=1S/C16H19F2NO/c17-13-8-11(10-20)9-14(18)16(13)19-7-3-5-12-4-1-2-6-15(12)19/h8-10,12,15H,1-7H2/t12-,15-/m1/s1. The molecule has 2 nitrogen and oxygen atoms in total. The maximum absolute atomic E-state index is 14.2. The van der Waals surface area contributed by atoms with Gasteiger partial charge in [-0.1, -0.05) is 12.8 Å². The molecule has 0 bridgehead atoms. The normalized spacial score (nSPS) is 26.2. The molecule has 0 radical (unpaired) electrons. The van der Waals surface area contributed by atoms with Crippen molar-refractivity contribution in [2.45, 2.75) is 44.6 Å². The highest BCUT2D eigenvalue weighted by Gasteiger charge is 2.35. The molecule has 1 aromatic carbocycles. The first-order chi connectivity index (χ1) is 9.70. The summed E-state index contributed by atoms with van der Waals surface area (Å²) in [5.74, 6) is -0.668. The van der Waals surface area contributed by atoms with Crippen LogP contribution in [0.1, 0.15) is 48.9 Å². The lowest BCUT2D eigenvalue weighted by molar-refractivity contribution is 0.112. The largest absolute Gasteiger partial charge is 0.364 e. The quantitative estimate of drug-likeness (QED) is 0.764. The number of nitrogens with zero attached hydrogens (tertiary/aromatic N) is 1. The lowest BCUT2D eigenvalue weighted by Crippen LogP contribution is -2.47. The van der Waals surface area contributed by atoms with Gasteiger partial charge in [0.2, 0.25) is 0 Å². The van der Waals surface area contributed by atoms with Crippen molar-refractivity contribution in [2.24, 2.45) is 5.92 Å². The maximum Gasteiger partial charge on any atom is 0.150 e. The molecule has 108 valence electrons. The average molecular weight is 279 g/mol. The SMILES string of the molecule is O=Cc1cc(F)c(N2CCC[C@H]3CCCC[C@H]32)c(F)c1. The van der Waals surface area contributed by atoms with Crippen molar-refractivity contribution >= 4 is 12.0 Å². The molecule has 0 amide bonds. The highest BCUT2D eigenvalue weighted by molar-refractivity contribution is 5.76. The van der Waals surface area contributed by atoms with E-state index in [1.165, 1.54) is 6.42 Å². The van der Waals surface area contributed by atoms with E-state index in [0.717, 1.165) is 44.2 Å². The average Bonchev–Trinajstić information content (AvgIpc) is 2.46. The number of halogens is 2. The maximum atomic E-state index is 14.2. The molecule has 1 aromatic rings. The minimum Gasteiger partial charge on any atom is -0.364 e. The van der Waals surface area contributed by atoms with Crippen molar-refractivity contribution in [3.05, 3.63) is 29.3 Å². The van der Waals surface area contributed by atoms with Crippen LogP contribution in [-0.2, 0) is 0 Å². The summed E-state index contributed by atoms with van der Waals surface area (Å²) in [4.78, 5) is 12.6. The number of hydrogen-bond donors (Lipinski definition) is 0. The molecule has 1 saturated carbocycles. The third kappa shape index (κ3) is 2.32. The topological polar surface area (TPSA) is 20.3 Å². The third-order valence-electron chi connectivity index (χ3n) is 4.71. The van der Waals surface area contributed by atoms with Crippen LogP contribution in [0.5, 0.6) is 0 Å². The molecule has 0 N–H and O–H groups in total. The van der Waals surface area contributed by atoms with Gasteiger partial charge in [0.05, 0.1) is 0 Å². The number of carbonyl (C=O) groups excluding carboxylic acids is 1. The van der Waals surface area contributed by atoms with Gasteiger partial charge < -0.3 is 4.90 Å². The number of fused-ring (bicyclic) bond motifs is 1. The summed E-state index contributed by atoms with van der Waals surface area (Å²) in [6, 6.07) is 2.53. The summed E-state index contributed by atoms with van der Waals surface area (Å²) in [6.45, 7) is 0.704. The molecule has 4 heteroatoms. The second kappa shape index (κ2) is 5.51. The molecule has 1 heterocycles. The first-order valence-electron chi connectivity index (χ1n) is 7.41. The summed E-state index contributed by atoms with van der Waals surface area (Å²) in [7, 11) is 0. The van der Waals surface area contributed by atoms with E-state index < -0.39 is 11.6 Å². The van der Waals surface area contributed by atoms with Gasteiger partial charge in [-0.2, -0.15) is 0 Å². The second-order valence-electron chi connectivity index (χ2n) is 5.90. The fraction of sp³-hybridized carbons (Fsp3) is 0.562. The van der Waals surface area contributed by atoms with Gasteiger partial charge in [-0.3, -0.25) is 4.79 Å². The van der Waals surface area contributed by atoms with E-state index in [2.05, 4.69) is 0 Å². The van der Waals surface area contributed by atoms with Crippen molar-refractivity contribution in [3.63, 3.8) is 0 Å². The highest BCUT2D eigenvalue weighted by Crippen LogP contribution is 2.39. The van der Waals surface area contributed by atoms with E-state index in [1.807, 2.05) is 4.90 Å².